The van der Waals surface area contributed by atoms with Gasteiger partial charge in [0.05, 0.1) is 33.6 Å². The number of nitrogens with zero attached hydrogens (tertiary/aromatic N) is 3. The lowest BCUT2D eigenvalue weighted by Gasteiger charge is -2.26. The lowest BCUT2D eigenvalue weighted by atomic mass is 10.0. The predicted octanol–water partition coefficient (Wildman–Crippen LogP) is 4.97. The highest BCUT2D eigenvalue weighted by atomic mass is 32.2. The van der Waals surface area contributed by atoms with Crippen LogP contribution in [0, 0.1) is 5.92 Å². The van der Waals surface area contributed by atoms with Gasteiger partial charge in [-0.05, 0) is 30.4 Å². The van der Waals surface area contributed by atoms with Crippen molar-refractivity contribution >= 4 is 52.1 Å². The number of benzene rings is 2. The fourth-order valence-corrected chi connectivity index (χ4v) is 7.04. The first-order valence-corrected chi connectivity index (χ1v) is 19.3. The van der Waals surface area contributed by atoms with Gasteiger partial charge in [0, 0.05) is 44.9 Å². The number of thioether (sulfide) groups is 1. The van der Waals surface area contributed by atoms with E-state index in [1.807, 2.05) is 72.8 Å². The zero-order valence-electron chi connectivity index (χ0n) is 30.1. The maximum Gasteiger partial charge on any atom is 0.407 e. The fraction of sp³-hybridized carbons (Fsp3) is 0.421. The van der Waals surface area contributed by atoms with Gasteiger partial charge in [0.25, 0.3) is 0 Å². The van der Waals surface area contributed by atoms with Crippen molar-refractivity contribution in [2.24, 2.45) is 10.9 Å². The van der Waals surface area contributed by atoms with E-state index < -0.39 is 36.2 Å². The largest absolute Gasteiger partial charge is 0.444 e. The molecule has 3 aromatic rings. The summed E-state index contributed by atoms with van der Waals surface area (Å²) < 4.78 is 5.46. The van der Waals surface area contributed by atoms with Gasteiger partial charge in [0.1, 0.15) is 12.6 Å². The summed E-state index contributed by atoms with van der Waals surface area (Å²) in [5.41, 5.74) is 3.68. The monoisotopic (exact) mass is 747 g/mol. The summed E-state index contributed by atoms with van der Waals surface area (Å²) in [5.74, 6) is 0.509. The van der Waals surface area contributed by atoms with E-state index in [9.17, 15) is 19.2 Å². The molecule has 1 aliphatic rings. The van der Waals surface area contributed by atoms with Gasteiger partial charge in [-0.3, -0.25) is 19.6 Å². The number of aromatic nitrogens is 1. The van der Waals surface area contributed by atoms with Crippen LogP contribution in [0.3, 0.4) is 0 Å². The first-order chi connectivity index (χ1) is 25.0. The Kier molecular flexibility index (Phi) is 16.2. The minimum absolute atomic E-state index is 0.0207. The number of carbonyl (C=O) groups excluding carboxylic acids is 4. The molecule has 2 aromatic carbocycles. The van der Waals surface area contributed by atoms with E-state index in [1.165, 1.54) is 18.3 Å². The van der Waals surface area contributed by atoms with Gasteiger partial charge < -0.3 is 30.9 Å². The molecular weight excluding hydrogens is 699 g/mol. The van der Waals surface area contributed by atoms with E-state index in [-0.39, 0.29) is 31.5 Å². The number of thiazole rings is 1. The molecular formula is C38H49N7O5S2. The van der Waals surface area contributed by atoms with Gasteiger partial charge in [-0.2, -0.15) is 0 Å². The summed E-state index contributed by atoms with van der Waals surface area (Å²) in [4.78, 5) is 63.0. The van der Waals surface area contributed by atoms with Gasteiger partial charge in [0.15, 0.2) is 0 Å². The number of alkyl carbamates (subject to hydrolysis) is 1. The zero-order valence-corrected chi connectivity index (χ0v) is 31.8. The number of rotatable bonds is 18. The number of carbonyl (C=O) groups is 4. The van der Waals surface area contributed by atoms with Gasteiger partial charge >= 0.3 is 12.1 Å². The van der Waals surface area contributed by atoms with Gasteiger partial charge in [-0.15, -0.1) is 23.1 Å². The molecule has 12 nitrogen and oxygen atoms in total. The lowest BCUT2D eigenvalue weighted by Crippen LogP contribution is -2.54. The van der Waals surface area contributed by atoms with E-state index in [0.717, 1.165) is 26.8 Å². The number of urea groups is 1. The Bertz CT molecular complexity index is 1640. The van der Waals surface area contributed by atoms with Crippen LogP contribution >= 0.6 is 23.1 Å². The molecule has 1 aromatic heterocycles. The van der Waals surface area contributed by atoms with E-state index in [2.05, 4.69) is 40.1 Å². The van der Waals surface area contributed by atoms with Crippen molar-refractivity contribution in [2.75, 3.05) is 25.9 Å². The Morgan fingerprint density at radius 3 is 2.13 bits per heavy atom. The van der Waals surface area contributed by atoms with Crippen LogP contribution in [0.5, 0.6) is 0 Å². The van der Waals surface area contributed by atoms with Crippen LogP contribution in [0.4, 0.5) is 9.59 Å². The number of aliphatic imine (C=N–C) groups is 1. The second-order valence-electron chi connectivity index (χ2n) is 12.9. The summed E-state index contributed by atoms with van der Waals surface area (Å²) in [5, 5.41) is 12.8. The number of hydrogen-bond donors (Lipinski definition) is 4. The Morgan fingerprint density at radius 2 is 1.58 bits per heavy atom. The third-order valence-corrected chi connectivity index (χ3v) is 10.3. The molecule has 0 radical (unpaired) electrons. The third-order valence-electron chi connectivity index (χ3n) is 8.11. The number of hydrogen-bond acceptors (Lipinski definition) is 9. The van der Waals surface area contributed by atoms with Gasteiger partial charge in [-0.1, -0.05) is 86.7 Å². The SMILES string of the molecule is CC(=O)NCCC(NC(=O)N(C)CC1CSC(C(C)C)=N1)C(=O)NC(/C=C/C(Cc1ccccc1)NC(=O)OCc1cncs1)Cc1ccccc1. The quantitative estimate of drug-likeness (QED) is 0.134. The highest BCUT2D eigenvalue weighted by Gasteiger charge is 2.27. The first kappa shape index (κ1) is 40.1. The Hall–Kier alpha value is -4.69. The molecule has 4 atom stereocenters. The molecule has 0 bridgehead atoms. The van der Waals surface area contributed by atoms with Crippen LogP contribution in [-0.4, -0.2) is 88.9 Å². The molecule has 0 saturated heterocycles. The van der Waals surface area contributed by atoms with Crippen molar-refractivity contribution in [1.29, 1.82) is 0 Å². The summed E-state index contributed by atoms with van der Waals surface area (Å²) in [7, 11) is 1.69. The van der Waals surface area contributed by atoms with Crippen LogP contribution in [0.25, 0.3) is 0 Å². The second kappa shape index (κ2) is 21.0. The Balaban J connectivity index is 1.49. The van der Waals surface area contributed by atoms with Crippen molar-refractivity contribution in [3.8, 4) is 0 Å². The minimum atomic E-state index is -0.930. The van der Waals surface area contributed by atoms with E-state index in [1.54, 1.807) is 35.4 Å². The fourth-order valence-electron chi connectivity index (χ4n) is 5.43. The van der Waals surface area contributed by atoms with Gasteiger partial charge in [0.2, 0.25) is 11.8 Å². The molecule has 5 amide bonds. The predicted molar refractivity (Wildman–Crippen MR) is 207 cm³/mol. The first-order valence-electron chi connectivity index (χ1n) is 17.4. The molecule has 0 fully saturated rings. The van der Waals surface area contributed by atoms with Crippen molar-refractivity contribution in [2.45, 2.75) is 70.8 Å². The number of nitrogens with one attached hydrogen (secondary N) is 4. The standard InChI is InChI=1S/C38H49N7O5S2/c1-26(2)36-42-32(24-51-36)22-45(4)37(48)44-34(17-18-40-27(3)46)35(47)41-30(19-28-11-7-5-8-12-28)15-16-31(20-29-13-9-6-10-14-29)43-38(49)50-23-33-21-39-25-52-33/h5-16,21,25-26,30-32,34H,17-20,22-24H2,1-4H3,(H,40,46)(H,41,47)(H,43,49)(H,44,48)/b16-15+. The number of amides is 5. The molecule has 0 aliphatic carbocycles. The Morgan fingerprint density at radius 1 is 0.942 bits per heavy atom. The Labute approximate surface area is 314 Å². The van der Waals surface area contributed by atoms with Crippen molar-refractivity contribution < 1.29 is 23.9 Å². The van der Waals surface area contributed by atoms with Crippen molar-refractivity contribution in [1.82, 2.24) is 31.2 Å². The highest BCUT2D eigenvalue weighted by Crippen LogP contribution is 2.23. The maximum atomic E-state index is 13.9. The number of likely N-dealkylation sites (N-methyl/N-ethyl adjacent to an activating group) is 1. The van der Waals surface area contributed by atoms with E-state index >= 15 is 0 Å². The van der Waals surface area contributed by atoms with Crippen molar-refractivity contribution in [3.05, 3.63) is 101 Å². The molecule has 4 N–H and O–H groups in total. The molecule has 52 heavy (non-hydrogen) atoms. The minimum Gasteiger partial charge on any atom is -0.444 e. The molecule has 4 rings (SSSR count). The third kappa shape index (κ3) is 14.1. The van der Waals surface area contributed by atoms with Crippen LogP contribution in [-0.2, 0) is 33.8 Å². The van der Waals surface area contributed by atoms with E-state index in [4.69, 9.17) is 9.73 Å². The summed E-state index contributed by atoms with van der Waals surface area (Å²) in [6.45, 7) is 6.33. The summed E-state index contributed by atoms with van der Waals surface area (Å²) in [6, 6.07) is 17.2. The maximum absolute atomic E-state index is 13.9. The molecule has 14 heteroatoms. The number of ether oxygens (including phenoxy) is 1. The molecule has 0 spiro atoms. The average Bonchev–Trinajstić information content (AvgIpc) is 3.83. The second-order valence-corrected chi connectivity index (χ2v) is 14.9. The molecule has 278 valence electrons. The zero-order chi connectivity index (χ0) is 37.3. The topological polar surface area (TPSA) is 154 Å². The molecule has 0 saturated carbocycles. The van der Waals surface area contributed by atoms with Gasteiger partial charge in [-0.25, -0.2) is 9.59 Å². The van der Waals surface area contributed by atoms with Crippen LogP contribution < -0.4 is 21.3 Å². The average molecular weight is 748 g/mol. The molecule has 4 unspecified atom stereocenters. The van der Waals surface area contributed by atoms with Crippen LogP contribution in [0.2, 0.25) is 0 Å². The highest BCUT2D eigenvalue weighted by molar-refractivity contribution is 8.14. The molecule has 1 aliphatic heterocycles. The van der Waals surface area contributed by atoms with E-state index in [0.29, 0.717) is 25.3 Å². The lowest BCUT2D eigenvalue weighted by molar-refractivity contribution is -0.124. The molecule has 2 heterocycles. The normalized spacial score (nSPS) is 15.7. The summed E-state index contributed by atoms with van der Waals surface area (Å²) in [6.07, 6.45) is 5.94. The smallest absolute Gasteiger partial charge is 0.407 e. The van der Waals surface area contributed by atoms with Crippen molar-refractivity contribution in [3.63, 3.8) is 0 Å². The van der Waals surface area contributed by atoms with Crippen LogP contribution in [0.1, 0.15) is 43.2 Å². The summed E-state index contributed by atoms with van der Waals surface area (Å²) >= 11 is 3.12. The van der Waals surface area contributed by atoms with Crippen LogP contribution in [0.15, 0.2) is 89.5 Å².